The fourth-order valence-electron chi connectivity index (χ4n) is 2.37. The molecule has 2 rings (SSSR count). The fourth-order valence-corrected chi connectivity index (χ4v) is 2.87. The lowest BCUT2D eigenvalue weighted by molar-refractivity contribution is 0.757. The van der Waals surface area contributed by atoms with E-state index in [2.05, 4.69) is 34.2 Å². The van der Waals surface area contributed by atoms with Crippen LogP contribution >= 0.6 is 23.2 Å². The second kappa shape index (κ2) is 9.09. The van der Waals surface area contributed by atoms with Crippen molar-refractivity contribution in [2.24, 2.45) is 0 Å². The van der Waals surface area contributed by atoms with Crippen molar-refractivity contribution >= 4 is 35.0 Å². The van der Waals surface area contributed by atoms with E-state index in [1.54, 1.807) is 6.07 Å². The molecule has 0 radical (unpaired) electrons. The summed E-state index contributed by atoms with van der Waals surface area (Å²) in [4.78, 5) is 11.2. The lowest BCUT2D eigenvalue weighted by Gasteiger charge is -2.19. The summed E-state index contributed by atoms with van der Waals surface area (Å²) in [5, 5.41) is 4.63. The van der Waals surface area contributed by atoms with Crippen LogP contribution in [0, 0.1) is 6.92 Å². The number of unbranched alkanes of at least 4 members (excludes halogenated alkanes) is 1. The van der Waals surface area contributed by atoms with Crippen LogP contribution in [0.1, 0.15) is 31.0 Å². The van der Waals surface area contributed by atoms with E-state index in [-0.39, 0.29) is 0 Å². The highest BCUT2D eigenvalue weighted by Gasteiger charge is 2.07. The number of aryl methyl sites for hydroxylation is 1. The molecule has 1 aromatic carbocycles. The number of hydrogen-bond donors (Lipinski definition) is 1. The highest BCUT2D eigenvalue weighted by molar-refractivity contribution is 6.35. The van der Waals surface area contributed by atoms with Gasteiger partial charge in [-0.05, 0) is 37.5 Å². The average Bonchev–Trinajstić information content (AvgIpc) is 2.54. The van der Waals surface area contributed by atoms with Crippen LogP contribution in [0.3, 0.4) is 0 Å². The molecule has 0 aliphatic heterocycles. The molecule has 0 bridgehead atoms. The summed E-state index contributed by atoms with van der Waals surface area (Å²) in [5.74, 6) is 1.60. The molecular formula is C18H24Cl2N4. The molecule has 0 unspecified atom stereocenters. The van der Waals surface area contributed by atoms with Gasteiger partial charge in [0, 0.05) is 41.9 Å². The molecule has 1 N–H and O–H groups in total. The van der Waals surface area contributed by atoms with E-state index >= 15 is 0 Å². The Kier molecular flexibility index (Phi) is 7.13. The van der Waals surface area contributed by atoms with Gasteiger partial charge in [-0.1, -0.05) is 42.6 Å². The van der Waals surface area contributed by atoms with Crippen LogP contribution < -0.4 is 10.2 Å². The minimum Gasteiger partial charge on any atom is -0.360 e. The molecule has 0 aliphatic carbocycles. The minimum absolute atomic E-state index is 0.651. The Bertz CT molecular complexity index is 676. The van der Waals surface area contributed by atoms with E-state index in [4.69, 9.17) is 23.2 Å². The topological polar surface area (TPSA) is 41.1 Å². The summed E-state index contributed by atoms with van der Waals surface area (Å²) in [7, 11) is 2.06. The summed E-state index contributed by atoms with van der Waals surface area (Å²) >= 11 is 12.1. The minimum atomic E-state index is 0.651. The summed E-state index contributed by atoms with van der Waals surface area (Å²) in [6.07, 6.45) is 3.10. The molecule has 0 saturated heterocycles. The smallest absolute Gasteiger partial charge is 0.224 e. The van der Waals surface area contributed by atoms with Crippen molar-refractivity contribution < 1.29 is 0 Å². The van der Waals surface area contributed by atoms with Gasteiger partial charge in [-0.2, -0.15) is 4.98 Å². The Morgan fingerprint density at radius 2 is 1.96 bits per heavy atom. The third-order valence-corrected chi connectivity index (χ3v) is 4.36. The third kappa shape index (κ3) is 5.53. The lowest BCUT2D eigenvalue weighted by atomic mass is 10.1. The molecule has 6 heteroatoms. The number of nitrogens with zero attached hydrogens (tertiary/aromatic N) is 3. The molecule has 0 spiro atoms. The molecule has 0 fully saturated rings. The zero-order valence-corrected chi connectivity index (χ0v) is 16.0. The molecule has 0 amide bonds. The second-order valence-corrected chi connectivity index (χ2v) is 6.72. The number of rotatable bonds is 8. The normalized spacial score (nSPS) is 10.7. The van der Waals surface area contributed by atoms with Gasteiger partial charge < -0.3 is 10.2 Å². The summed E-state index contributed by atoms with van der Waals surface area (Å²) in [6, 6.07) is 7.58. The van der Waals surface area contributed by atoms with Gasteiger partial charge in [0.25, 0.3) is 0 Å². The number of halogens is 2. The molecule has 24 heavy (non-hydrogen) atoms. The molecular weight excluding hydrogens is 343 g/mol. The number of hydrogen-bond acceptors (Lipinski definition) is 4. The van der Waals surface area contributed by atoms with Crippen LogP contribution in [-0.4, -0.2) is 30.1 Å². The first-order valence-electron chi connectivity index (χ1n) is 8.24. The molecule has 1 aromatic heterocycles. The predicted molar refractivity (Wildman–Crippen MR) is 104 cm³/mol. The van der Waals surface area contributed by atoms with E-state index in [1.165, 1.54) is 6.42 Å². The van der Waals surface area contributed by atoms with Crippen molar-refractivity contribution in [3.63, 3.8) is 0 Å². The van der Waals surface area contributed by atoms with E-state index in [1.807, 2.05) is 25.1 Å². The first-order chi connectivity index (χ1) is 11.5. The van der Waals surface area contributed by atoms with Gasteiger partial charge >= 0.3 is 0 Å². The Morgan fingerprint density at radius 1 is 1.17 bits per heavy atom. The van der Waals surface area contributed by atoms with Crippen LogP contribution in [0.4, 0.5) is 11.8 Å². The van der Waals surface area contributed by atoms with Gasteiger partial charge in [-0.25, -0.2) is 4.98 Å². The zero-order valence-electron chi connectivity index (χ0n) is 14.4. The molecule has 1 heterocycles. The number of aromatic nitrogens is 2. The Hall–Kier alpha value is -1.52. The van der Waals surface area contributed by atoms with Crippen LogP contribution in [0.15, 0.2) is 24.3 Å². The van der Waals surface area contributed by atoms with Gasteiger partial charge in [0.15, 0.2) is 0 Å². The average molecular weight is 367 g/mol. The fraction of sp³-hybridized carbons (Fsp3) is 0.444. The lowest BCUT2D eigenvalue weighted by Crippen LogP contribution is -2.21. The van der Waals surface area contributed by atoms with Crippen LogP contribution in [0.5, 0.6) is 0 Å². The first kappa shape index (κ1) is 18.8. The highest BCUT2D eigenvalue weighted by atomic mass is 35.5. The number of benzene rings is 1. The van der Waals surface area contributed by atoms with Crippen LogP contribution in [0.2, 0.25) is 10.0 Å². The monoisotopic (exact) mass is 366 g/mol. The standard InChI is InChI=1S/C18H24Cl2N4/c1-4-5-10-24(3)17-11-13(2)22-18(23-17)21-9-8-14-6-7-15(19)12-16(14)20/h6-7,11-12H,4-5,8-10H2,1-3H3,(H,21,22,23). The maximum Gasteiger partial charge on any atom is 0.224 e. The van der Waals surface area contributed by atoms with E-state index < -0.39 is 0 Å². The first-order valence-corrected chi connectivity index (χ1v) is 8.99. The summed E-state index contributed by atoms with van der Waals surface area (Å²) in [6.45, 7) is 5.88. The van der Waals surface area contributed by atoms with Crippen molar-refractivity contribution in [2.45, 2.75) is 33.1 Å². The van der Waals surface area contributed by atoms with Gasteiger partial charge in [0.2, 0.25) is 5.95 Å². The van der Waals surface area contributed by atoms with E-state index in [9.17, 15) is 0 Å². The van der Waals surface area contributed by atoms with Crippen molar-refractivity contribution in [1.82, 2.24) is 9.97 Å². The SMILES string of the molecule is CCCCN(C)c1cc(C)nc(NCCc2ccc(Cl)cc2Cl)n1. The predicted octanol–water partition coefficient (Wildman–Crippen LogP) is 4.98. The summed E-state index contributed by atoms with van der Waals surface area (Å²) in [5.41, 5.74) is 2.01. The Labute approximate surface area is 154 Å². The van der Waals surface area contributed by atoms with E-state index in [0.29, 0.717) is 22.5 Å². The Morgan fingerprint density at radius 3 is 2.67 bits per heavy atom. The van der Waals surface area contributed by atoms with Crippen molar-refractivity contribution in [3.05, 3.63) is 45.6 Å². The molecule has 0 aliphatic rings. The highest BCUT2D eigenvalue weighted by Crippen LogP contribution is 2.21. The second-order valence-electron chi connectivity index (χ2n) is 5.88. The van der Waals surface area contributed by atoms with Gasteiger partial charge in [0.05, 0.1) is 0 Å². The maximum atomic E-state index is 6.20. The Balaban J connectivity index is 1.98. The van der Waals surface area contributed by atoms with Gasteiger partial charge in [0.1, 0.15) is 5.82 Å². The van der Waals surface area contributed by atoms with Crippen molar-refractivity contribution in [1.29, 1.82) is 0 Å². The van der Waals surface area contributed by atoms with Crippen LogP contribution in [0.25, 0.3) is 0 Å². The number of anilines is 2. The maximum absolute atomic E-state index is 6.20. The molecule has 0 atom stereocenters. The molecule has 0 saturated carbocycles. The molecule has 2 aromatic rings. The van der Waals surface area contributed by atoms with E-state index in [0.717, 1.165) is 36.5 Å². The third-order valence-electron chi connectivity index (χ3n) is 3.77. The van der Waals surface area contributed by atoms with Crippen LogP contribution in [-0.2, 0) is 6.42 Å². The zero-order chi connectivity index (χ0) is 17.5. The largest absolute Gasteiger partial charge is 0.360 e. The van der Waals surface area contributed by atoms with Crippen molar-refractivity contribution in [2.75, 3.05) is 30.4 Å². The summed E-state index contributed by atoms with van der Waals surface area (Å²) < 4.78 is 0. The molecule has 130 valence electrons. The quantitative estimate of drug-likeness (QED) is 0.714. The number of nitrogens with one attached hydrogen (secondary N) is 1. The molecule has 4 nitrogen and oxygen atoms in total. The van der Waals surface area contributed by atoms with Crippen molar-refractivity contribution in [3.8, 4) is 0 Å². The van der Waals surface area contributed by atoms with Gasteiger partial charge in [-0.3, -0.25) is 0 Å². The van der Waals surface area contributed by atoms with Gasteiger partial charge in [-0.15, -0.1) is 0 Å².